The van der Waals surface area contributed by atoms with Gasteiger partial charge in [0.1, 0.15) is 0 Å². The molecule has 1 aromatic heterocycles. The van der Waals surface area contributed by atoms with Gasteiger partial charge in [-0.15, -0.1) is 0 Å². The van der Waals surface area contributed by atoms with Crippen LogP contribution in [-0.2, 0) is 0 Å². The van der Waals surface area contributed by atoms with E-state index >= 15 is 0 Å². The van der Waals surface area contributed by atoms with Crippen molar-refractivity contribution in [1.29, 1.82) is 0 Å². The van der Waals surface area contributed by atoms with Gasteiger partial charge in [-0.2, -0.15) is 0 Å². The zero-order chi connectivity index (χ0) is 12.5. The first-order valence-corrected chi connectivity index (χ1v) is 6.59. The van der Waals surface area contributed by atoms with Crippen LogP contribution in [0.15, 0.2) is 29.5 Å². The molecule has 2 N–H and O–H groups in total. The third-order valence-electron chi connectivity index (χ3n) is 2.18. The minimum absolute atomic E-state index is 0.841. The summed E-state index contributed by atoms with van der Waals surface area (Å²) in [6.07, 6.45) is 4.09. The molecule has 0 unspecified atom stereocenters. The second-order valence-corrected chi connectivity index (χ2v) is 4.49. The topological polar surface area (TPSA) is 49.3 Å². The standard InChI is InChI=1S/C12H18N4Se/c1-3-4-8-14-12(17)16-15-10(2)11-7-5-6-9-13-11/h5-7,9H,3-4,8H2,1-2H3,(H2,14,16,17). The number of aromatic nitrogens is 1. The van der Waals surface area contributed by atoms with Crippen LogP contribution < -0.4 is 10.7 Å². The molecule has 17 heavy (non-hydrogen) atoms. The Morgan fingerprint density at radius 3 is 2.94 bits per heavy atom. The molecule has 0 aromatic carbocycles. The zero-order valence-electron chi connectivity index (χ0n) is 10.2. The molecule has 0 radical (unpaired) electrons. The van der Waals surface area contributed by atoms with Crippen molar-refractivity contribution in [3.05, 3.63) is 30.1 Å². The summed E-state index contributed by atoms with van der Waals surface area (Å²) in [4.78, 5) is 4.22. The number of nitrogens with zero attached hydrogens (tertiary/aromatic N) is 2. The molecule has 0 atom stereocenters. The molecular weight excluding hydrogens is 279 g/mol. The molecule has 0 saturated carbocycles. The average Bonchev–Trinajstić information content (AvgIpc) is 2.37. The van der Waals surface area contributed by atoms with Gasteiger partial charge in [0.05, 0.1) is 0 Å². The molecule has 0 aliphatic carbocycles. The van der Waals surface area contributed by atoms with Crippen LogP contribution in [0, 0.1) is 0 Å². The van der Waals surface area contributed by atoms with Crippen LogP contribution in [0.5, 0.6) is 0 Å². The Bertz CT molecular complexity index is 375. The van der Waals surface area contributed by atoms with E-state index in [1.54, 1.807) is 6.20 Å². The third kappa shape index (κ3) is 5.61. The van der Waals surface area contributed by atoms with Crippen LogP contribution >= 0.6 is 0 Å². The van der Waals surface area contributed by atoms with Gasteiger partial charge < -0.3 is 0 Å². The number of hydrogen-bond acceptors (Lipinski definition) is 4. The fourth-order valence-electron chi connectivity index (χ4n) is 1.19. The van der Waals surface area contributed by atoms with Crippen molar-refractivity contribution in [3.8, 4) is 0 Å². The van der Waals surface area contributed by atoms with E-state index in [0.717, 1.165) is 29.0 Å². The first-order valence-electron chi connectivity index (χ1n) is 5.73. The number of hydrazone groups is 1. The van der Waals surface area contributed by atoms with Gasteiger partial charge in [0.2, 0.25) is 0 Å². The van der Waals surface area contributed by atoms with Crippen molar-refractivity contribution in [1.82, 2.24) is 15.7 Å². The fourth-order valence-corrected chi connectivity index (χ4v) is 1.50. The van der Waals surface area contributed by atoms with E-state index in [4.69, 9.17) is 0 Å². The number of rotatable bonds is 7. The van der Waals surface area contributed by atoms with Crippen molar-refractivity contribution in [3.63, 3.8) is 0 Å². The fraction of sp³-hybridized carbons (Fsp3) is 0.417. The van der Waals surface area contributed by atoms with Gasteiger partial charge in [0.15, 0.2) is 0 Å². The molecule has 0 spiro atoms. The predicted molar refractivity (Wildman–Crippen MR) is 73.3 cm³/mol. The third-order valence-corrected chi connectivity index (χ3v) is 2.67. The van der Waals surface area contributed by atoms with Gasteiger partial charge in [-0.3, -0.25) is 0 Å². The Morgan fingerprint density at radius 2 is 2.29 bits per heavy atom. The van der Waals surface area contributed by atoms with E-state index in [9.17, 15) is 0 Å². The summed E-state index contributed by atoms with van der Waals surface area (Å²) >= 11 is 2.91. The van der Waals surface area contributed by atoms with E-state index in [1.165, 1.54) is 6.42 Å². The van der Waals surface area contributed by atoms with Crippen molar-refractivity contribution < 1.29 is 0 Å². The number of pyridine rings is 1. The van der Waals surface area contributed by atoms with Gasteiger partial charge in [0, 0.05) is 0 Å². The van der Waals surface area contributed by atoms with Crippen molar-refractivity contribution >= 4 is 26.0 Å². The molecule has 0 aliphatic heterocycles. The number of hydrogen-bond donors (Lipinski definition) is 2. The van der Waals surface area contributed by atoms with Gasteiger partial charge in [-0.25, -0.2) is 0 Å². The van der Waals surface area contributed by atoms with Gasteiger partial charge in [-0.05, 0) is 0 Å². The van der Waals surface area contributed by atoms with E-state index in [2.05, 4.69) is 43.3 Å². The van der Waals surface area contributed by atoms with Gasteiger partial charge in [0.25, 0.3) is 0 Å². The molecular formula is C12H18N4Se. The summed E-state index contributed by atoms with van der Waals surface area (Å²) in [5, 5.41) is 7.46. The Balaban J connectivity index is 2.40. The van der Waals surface area contributed by atoms with Crippen molar-refractivity contribution in [2.75, 3.05) is 6.54 Å². The average molecular weight is 297 g/mol. The second kappa shape index (κ2) is 7.98. The Morgan fingerprint density at radius 1 is 1.47 bits per heavy atom. The summed E-state index contributed by atoms with van der Waals surface area (Å²) in [6.45, 7) is 5.04. The van der Waals surface area contributed by atoms with E-state index in [-0.39, 0.29) is 0 Å². The molecule has 4 nitrogen and oxygen atoms in total. The van der Waals surface area contributed by atoms with Crippen LogP contribution in [0.2, 0.25) is 0 Å². The monoisotopic (exact) mass is 298 g/mol. The molecule has 5 heteroatoms. The van der Waals surface area contributed by atoms with E-state index < -0.39 is 0 Å². The SMILES string of the molecule is CCCCNC(=[Se])NN=C(C)c1ccccn1. The summed E-state index contributed by atoms with van der Waals surface area (Å²) in [6, 6.07) is 5.77. The molecule has 92 valence electrons. The van der Waals surface area contributed by atoms with Crippen LogP contribution in [-0.4, -0.2) is 37.5 Å². The number of nitrogens with one attached hydrogen (secondary N) is 2. The molecule has 1 aromatic rings. The molecule has 0 bridgehead atoms. The molecule has 0 aliphatic rings. The number of unbranched alkanes of at least 4 members (excludes halogenated alkanes) is 1. The van der Waals surface area contributed by atoms with Crippen LogP contribution in [0.4, 0.5) is 0 Å². The van der Waals surface area contributed by atoms with Gasteiger partial charge >= 0.3 is 110 Å². The quantitative estimate of drug-likeness (QED) is 0.342. The maximum absolute atomic E-state index is 4.25. The van der Waals surface area contributed by atoms with Crippen LogP contribution in [0.1, 0.15) is 32.4 Å². The summed E-state index contributed by atoms with van der Waals surface area (Å²) in [5.74, 6) is 0. The van der Waals surface area contributed by atoms with Crippen molar-refractivity contribution in [2.24, 2.45) is 5.10 Å². The summed E-state index contributed by atoms with van der Waals surface area (Å²) in [7, 11) is 0. The van der Waals surface area contributed by atoms with Crippen molar-refractivity contribution in [2.45, 2.75) is 26.7 Å². The summed E-state index contributed by atoms with van der Waals surface area (Å²) in [5.41, 5.74) is 4.67. The van der Waals surface area contributed by atoms with E-state index in [0.29, 0.717) is 0 Å². The molecule has 0 amide bonds. The zero-order valence-corrected chi connectivity index (χ0v) is 11.9. The molecule has 0 saturated heterocycles. The molecule has 0 fully saturated rings. The summed E-state index contributed by atoms with van der Waals surface area (Å²) < 4.78 is 0.841. The maximum atomic E-state index is 4.25. The van der Waals surface area contributed by atoms with Gasteiger partial charge in [-0.1, -0.05) is 0 Å². The second-order valence-electron chi connectivity index (χ2n) is 3.63. The Hall–Kier alpha value is -1.19. The van der Waals surface area contributed by atoms with E-state index in [1.807, 2.05) is 25.1 Å². The molecule has 1 heterocycles. The first-order chi connectivity index (χ1) is 8.24. The normalized spacial score (nSPS) is 11.1. The first kappa shape index (κ1) is 13.9. The Labute approximate surface area is 110 Å². The minimum atomic E-state index is 0.841. The predicted octanol–water partition coefficient (Wildman–Crippen LogP) is 1.04. The Kier molecular flexibility index (Phi) is 6.51. The van der Waals surface area contributed by atoms with Crippen LogP contribution in [0.3, 0.4) is 0 Å². The van der Waals surface area contributed by atoms with Crippen LogP contribution in [0.25, 0.3) is 0 Å². The molecule has 1 rings (SSSR count).